The zero-order chi connectivity index (χ0) is 16.6. The largest absolute Gasteiger partial charge is 0.344 e. The second-order valence-electron chi connectivity index (χ2n) is 5.44. The molecular formula is C15H18N6OS. The van der Waals surface area contributed by atoms with Crippen LogP contribution in [0.5, 0.6) is 0 Å². The summed E-state index contributed by atoms with van der Waals surface area (Å²) in [5.74, 6) is -0.188. The summed E-state index contributed by atoms with van der Waals surface area (Å²) in [4.78, 5) is 16.8. The van der Waals surface area contributed by atoms with Crippen LogP contribution in [0.3, 0.4) is 0 Å². The number of aryl methyl sites for hydroxylation is 2. The Kier molecular flexibility index (Phi) is 3.99. The van der Waals surface area contributed by atoms with Crippen LogP contribution in [0.1, 0.15) is 34.7 Å². The van der Waals surface area contributed by atoms with Gasteiger partial charge in [-0.3, -0.25) is 14.2 Å². The fourth-order valence-corrected chi connectivity index (χ4v) is 3.11. The average molecular weight is 330 g/mol. The number of carbonyl (C=O) groups excluding carboxylic acids is 1. The van der Waals surface area contributed by atoms with Crippen LogP contribution in [0.4, 0.5) is 0 Å². The lowest BCUT2D eigenvalue weighted by Gasteiger charge is -2.12. The average Bonchev–Trinajstić information content (AvgIpc) is 3.21. The third-order valence-corrected chi connectivity index (χ3v) is 4.67. The predicted octanol–water partition coefficient (Wildman–Crippen LogP) is 2.08. The molecule has 23 heavy (non-hydrogen) atoms. The Morgan fingerprint density at radius 1 is 1.30 bits per heavy atom. The molecule has 0 saturated heterocycles. The molecule has 1 amide bonds. The number of amides is 1. The zero-order valence-electron chi connectivity index (χ0n) is 13.4. The topological polar surface area (TPSA) is 77.6 Å². The second kappa shape index (κ2) is 5.96. The van der Waals surface area contributed by atoms with Gasteiger partial charge in [-0.1, -0.05) is 0 Å². The molecule has 0 spiro atoms. The fourth-order valence-electron chi connectivity index (χ4n) is 2.33. The van der Waals surface area contributed by atoms with Gasteiger partial charge in [0.05, 0.1) is 18.4 Å². The SMILES string of the molecule is Cc1c([C@@H](C)NC(=O)c2csc(-c3cnn(C)c3)n2)cnn1C. The van der Waals surface area contributed by atoms with Crippen molar-refractivity contribution in [2.75, 3.05) is 0 Å². The Bertz CT molecular complexity index is 846. The maximum absolute atomic E-state index is 12.4. The molecule has 1 atom stereocenters. The van der Waals surface area contributed by atoms with Crippen molar-refractivity contribution < 1.29 is 4.79 Å². The Morgan fingerprint density at radius 2 is 2.09 bits per heavy atom. The highest BCUT2D eigenvalue weighted by molar-refractivity contribution is 7.13. The summed E-state index contributed by atoms with van der Waals surface area (Å²) in [6.45, 7) is 3.92. The van der Waals surface area contributed by atoms with E-state index in [2.05, 4.69) is 20.5 Å². The highest BCUT2D eigenvalue weighted by Crippen LogP contribution is 2.23. The molecule has 8 heteroatoms. The van der Waals surface area contributed by atoms with E-state index in [1.807, 2.05) is 34.1 Å². The number of hydrogen-bond donors (Lipinski definition) is 1. The van der Waals surface area contributed by atoms with Crippen molar-refractivity contribution >= 4 is 17.2 Å². The molecule has 7 nitrogen and oxygen atoms in total. The normalized spacial score (nSPS) is 12.3. The summed E-state index contributed by atoms with van der Waals surface area (Å²) in [5.41, 5.74) is 3.37. The Balaban J connectivity index is 1.74. The van der Waals surface area contributed by atoms with Crippen LogP contribution in [0.15, 0.2) is 24.0 Å². The van der Waals surface area contributed by atoms with Gasteiger partial charge in [0, 0.05) is 42.5 Å². The van der Waals surface area contributed by atoms with E-state index in [1.54, 1.807) is 27.1 Å². The van der Waals surface area contributed by atoms with E-state index in [4.69, 9.17) is 0 Å². The van der Waals surface area contributed by atoms with Crippen LogP contribution in [0.2, 0.25) is 0 Å². The molecule has 1 N–H and O–H groups in total. The lowest BCUT2D eigenvalue weighted by molar-refractivity contribution is 0.0935. The number of carbonyl (C=O) groups is 1. The summed E-state index contributed by atoms with van der Waals surface area (Å²) >= 11 is 1.43. The number of thiazole rings is 1. The molecule has 3 heterocycles. The van der Waals surface area contributed by atoms with Crippen LogP contribution < -0.4 is 5.32 Å². The molecule has 0 unspecified atom stereocenters. The molecular weight excluding hydrogens is 312 g/mol. The van der Waals surface area contributed by atoms with E-state index in [0.717, 1.165) is 21.8 Å². The number of nitrogens with zero attached hydrogens (tertiary/aromatic N) is 5. The second-order valence-corrected chi connectivity index (χ2v) is 6.30. The minimum Gasteiger partial charge on any atom is -0.344 e. The van der Waals surface area contributed by atoms with Gasteiger partial charge in [0.2, 0.25) is 0 Å². The number of rotatable bonds is 4. The molecule has 0 fully saturated rings. The van der Waals surface area contributed by atoms with Crippen LogP contribution in [-0.2, 0) is 14.1 Å². The van der Waals surface area contributed by atoms with Gasteiger partial charge in [-0.25, -0.2) is 4.98 Å². The molecule has 3 rings (SSSR count). The number of hydrogen-bond acceptors (Lipinski definition) is 5. The van der Waals surface area contributed by atoms with Gasteiger partial charge in [0.25, 0.3) is 5.91 Å². The standard InChI is InChI=1S/C15H18N6OS/c1-9(12-6-17-21(4)10(12)2)18-14(22)13-8-23-15(19-13)11-5-16-20(3)7-11/h5-9H,1-4H3,(H,18,22)/t9-/m1/s1. The van der Waals surface area contributed by atoms with Crippen molar-refractivity contribution in [1.82, 2.24) is 29.9 Å². The summed E-state index contributed by atoms with van der Waals surface area (Å²) in [6.07, 6.45) is 5.40. The van der Waals surface area contributed by atoms with Crippen molar-refractivity contribution in [3.05, 3.63) is 40.9 Å². The van der Waals surface area contributed by atoms with E-state index < -0.39 is 0 Å². The van der Waals surface area contributed by atoms with E-state index in [1.165, 1.54) is 11.3 Å². The molecule has 0 aromatic carbocycles. The van der Waals surface area contributed by atoms with E-state index in [-0.39, 0.29) is 11.9 Å². The van der Waals surface area contributed by atoms with Crippen molar-refractivity contribution in [1.29, 1.82) is 0 Å². The fraction of sp³-hybridized carbons (Fsp3) is 0.333. The first-order valence-electron chi connectivity index (χ1n) is 7.19. The summed E-state index contributed by atoms with van der Waals surface area (Å²) < 4.78 is 3.51. The van der Waals surface area contributed by atoms with Crippen LogP contribution in [-0.4, -0.2) is 30.5 Å². The number of aromatic nitrogens is 5. The smallest absolute Gasteiger partial charge is 0.271 e. The third kappa shape index (κ3) is 3.02. The van der Waals surface area contributed by atoms with E-state index >= 15 is 0 Å². The Morgan fingerprint density at radius 3 is 2.70 bits per heavy atom. The molecule has 120 valence electrons. The molecule has 3 aromatic rings. The van der Waals surface area contributed by atoms with Crippen LogP contribution >= 0.6 is 11.3 Å². The molecule has 0 aliphatic heterocycles. The third-order valence-electron chi connectivity index (χ3n) is 3.78. The summed E-state index contributed by atoms with van der Waals surface area (Å²) in [7, 11) is 3.73. The first-order chi connectivity index (χ1) is 11.0. The Labute approximate surface area is 138 Å². The first-order valence-corrected chi connectivity index (χ1v) is 8.07. The van der Waals surface area contributed by atoms with Crippen LogP contribution in [0, 0.1) is 6.92 Å². The van der Waals surface area contributed by atoms with Gasteiger partial charge in [0.1, 0.15) is 10.7 Å². The minimum atomic E-state index is -0.188. The molecule has 3 aromatic heterocycles. The van der Waals surface area contributed by atoms with Crippen molar-refractivity contribution in [3.63, 3.8) is 0 Å². The van der Waals surface area contributed by atoms with Gasteiger partial charge in [-0.05, 0) is 13.8 Å². The maximum atomic E-state index is 12.4. The van der Waals surface area contributed by atoms with Gasteiger partial charge in [-0.2, -0.15) is 10.2 Å². The monoisotopic (exact) mass is 330 g/mol. The van der Waals surface area contributed by atoms with E-state index in [9.17, 15) is 4.79 Å². The molecule has 0 aliphatic carbocycles. The van der Waals surface area contributed by atoms with E-state index in [0.29, 0.717) is 5.69 Å². The molecule has 0 saturated carbocycles. The van der Waals surface area contributed by atoms with Gasteiger partial charge in [0.15, 0.2) is 0 Å². The molecule has 0 aliphatic rings. The summed E-state index contributed by atoms with van der Waals surface area (Å²) in [5, 5.41) is 13.8. The van der Waals surface area contributed by atoms with Gasteiger partial charge < -0.3 is 5.32 Å². The van der Waals surface area contributed by atoms with Gasteiger partial charge >= 0.3 is 0 Å². The molecule has 0 radical (unpaired) electrons. The lowest BCUT2D eigenvalue weighted by atomic mass is 10.1. The highest BCUT2D eigenvalue weighted by atomic mass is 32.1. The van der Waals surface area contributed by atoms with Crippen molar-refractivity contribution in [2.24, 2.45) is 14.1 Å². The van der Waals surface area contributed by atoms with Crippen molar-refractivity contribution in [2.45, 2.75) is 19.9 Å². The highest BCUT2D eigenvalue weighted by Gasteiger charge is 2.18. The Hall–Kier alpha value is -2.48. The van der Waals surface area contributed by atoms with Crippen molar-refractivity contribution in [3.8, 4) is 10.6 Å². The van der Waals surface area contributed by atoms with Crippen LogP contribution in [0.25, 0.3) is 10.6 Å². The number of nitrogens with one attached hydrogen (secondary N) is 1. The predicted molar refractivity (Wildman–Crippen MR) is 88.1 cm³/mol. The zero-order valence-corrected chi connectivity index (χ0v) is 14.3. The minimum absolute atomic E-state index is 0.125. The summed E-state index contributed by atoms with van der Waals surface area (Å²) in [6, 6.07) is -0.125. The molecule has 0 bridgehead atoms. The van der Waals surface area contributed by atoms with Gasteiger partial charge in [-0.15, -0.1) is 11.3 Å². The lowest BCUT2D eigenvalue weighted by Crippen LogP contribution is -2.27. The quantitative estimate of drug-likeness (QED) is 0.794. The maximum Gasteiger partial charge on any atom is 0.271 e. The first kappa shape index (κ1) is 15.4.